The van der Waals surface area contributed by atoms with Crippen LogP contribution in [0.4, 0.5) is 17.8 Å². The summed E-state index contributed by atoms with van der Waals surface area (Å²) in [7, 11) is 7.87. The van der Waals surface area contributed by atoms with Crippen molar-refractivity contribution in [2.24, 2.45) is 35.5 Å². The molecule has 0 radical (unpaired) electrons. The van der Waals surface area contributed by atoms with E-state index in [-0.39, 0.29) is 126 Å². The number of carbonyl (C=O) groups is 8. The SMILES string of the molecule is CO[C@H]1C[C@@H]2CC[C@@H](C)[C@@](O)(O2)C(=O)C(=O)N2CCCC[C@H]2C(=O)O[C@H]([C@H](C)C[C@@H]2CC[C@@H](OC(=O)CCc3cnc(N4CCN(C(=O)CN(C)CC(=O)NCCOCCOCCC(=O)N5CCc6cc(Cn7nc(-c8ccc9oc(N)nc9c8)c8c(N)ncnc87)ccc6C5)CC4)nc3)[C@H](OC)C2)C[C@@H](OC)[C@H](C)/C=C(\C)[C@@H](O)[C@@H](OC)C(=O)[C@H](C)C[C@H](C)/C=C/C=C/C=C/1C. The highest BCUT2D eigenvalue weighted by molar-refractivity contribution is 6.39. The first-order chi connectivity index (χ1) is 63.4. The first-order valence-corrected chi connectivity index (χ1v) is 46.6. The number of likely N-dealkylation sites (N-methyl/N-ethyl adjacent to an activating group) is 1. The molecule has 9 heterocycles. The molecule has 1 aliphatic carbocycles. The van der Waals surface area contributed by atoms with Gasteiger partial charge in [-0.25, -0.2) is 29.4 Å². The number of aliphatic hydroxyl groups excluding tert-OH is 1. The molecule has 4 amide bonds. The zero-order valence-corrected chi connectivity index (χ0v) is 78.5. The quantitative estimate of drug-likeness (QED) is 0.0133. The van der Waals surface area contributed by atoms with Crippen molar-refractivity contribution in [3.63, 3.8) is 0 Å². The molecule has 0 spiro atoms. The number of allylic oxidation sites excluding steroid dienone is 5. The number of aliphatic hydroxyl groups is 2. The van der Waals surface area contributed by atoms with Crippen molar-refractivity contribution < 1.29 is 95.6 Å². The van der Waals surface area contributed by atoms with Gasteiger partial charge in [-0.1, -0.05) is 89.3 Å². The van der Waals surface area contributed by atoms with E-state index >= 15 is 0 Å². The minimum Gasteiger partial charge on any atom is -0.460 e. The maximum Gasteiger partial charge on any atom is 0.329 e. The van der Waals surface area contributed by atoms with Gasteiger partial charge in [-0.3, -0.25) is 38.5 Å². The van der Waals surface area contributed by atoms with Gasteiger partial charge in [-0.2, -0.15) is 10.1 Å². The Bertz CT molecular complexity index is 5070. The molecule has 35 nitrogen and oxygen atoms in total. The molecule has 6 aliphatic rings. The van der Waals surface area contributed by atoms with Crippen molar-refractivity contribution in [3.05, 3.63) is 125 Å². The van der Waals surface area contributed by atoms with E-state index in [1.54, 1.807) is 70.5 Å². The molecule has 2 aromatic carbocycles. The number of anilines is 3. The summed E-state index contributed by atoms with van der Waals surface area (Å²) in [6.07, 6.45) is 17.2. The number of Topliss-reactive ketones (excluding diaryl/α,β-unsaturated/α-hetero) is 2. The van der Waals surface area contributed by atoms with E-state index in [2.05, 4.69) is 42.4 Å². The van der Waals surface area contributed by atoms with Crippen LogP contribution in [0.5, 0.6) is 0 Å². The van der Waals surface area contributed by atoms with E-state index < -0.39 is 102 Å². The summed E-state index contributed by atoms with van der Waals surface area (Å²) in [5.74, 6) is -7.38. The highest BCUT2D eigenvalue weighted by Gasteiger charge is 2.53. The summed E-state index contributed by atoms with van der Waals surface area (Å²) in [6, 6.07) is 10.7. The van der Waals surface area contributed by atoms with Crippen LogP contribution in [0, 0.1) is 35.5 Å². The Balaban J connectivity index is 0.549. The number of nitrogens with one attached hydrogen (secondary N) is 1. The number of carbonyl (C=O) groups excluding carboxylic acids is 8. The number of hydrogen-bond donors (Lipinski definition) is 5. The van der Waals surface area contributed by atoms with Gasteiger partial charge in [0.1, 0.15) is 53.8 Å². The topological polar surface area (TPSA) is 436 Å². The summed E-state index contributed by atoms with van der Waals surface area (Å²) in [5.41, 5.74) is 20.7. The summed E-state index contributed by atoms with van der Waals surface area (Å²) < 4.78 is 61.7. The second kappa shape index (κ2) is 47.5. The zero-order chi connectivity index (χ0) is 94.5. The lowest BCUT2D eigenvalue weighted by Gasteiger charge is -2.43. The van der Waals surface area contributed by atoms with Crippen LogP contribution in [0.1, 0.15) is 161 Å². The van der Waals surface area contributed by atoms with E-state index in [4.69, 9.17) is 63.6 Å². The standard InChI is InChI=1S/C97H135N15O20/c1-59-18-14-13-15-19-60(2)77(123-9)50-72-27-21-65(7)97(122,132-72)90(119)93(120)111-34-17-16-20-74(111)94(121)130-79(51-78(124-10)61(3)45-64(6)88(118)89(126-12)87(117)63(5)44-59)62(4)46-66-23-28-76(80(48-66)125-11)129-84(116)30-24-68-52-101-96(102-53-68)109-38-36-108(37-39-109)83(115)57-107(8)56-81(113)100-33-41-128-43-42-127-40-32-82(114)110-35-31-69-47-67(22-25-71(69)55-110)54-112-92-85(91(98)103-58-104-92)86(106-112)70-26-29-75-73(49-70)105-95(99)131-75/h13-15,18-19,22,25-26,29,45,47,49,52-53,58-59,61-63,65-66,72,74,76-80,88-89,118,122H,16-17,20-21,23-24,27-28,30-44,46,48,50-51,54-57H2,1-12H3,(H2,99,105)(H,100,113)(H2,98,103,104)/b15-13+,18-14+,60-19+,64-45+/t59-,61-,62-,63-,65-,66+,72+,74+,76-,77+,78-,79+,80-,88-,89+,97-/m1/s1. The van der Waals surface area contributed by atoms with E-state index in [9.17, 15) is 48.6 Å². The lowest BCUT2D eigenvalue weighted by atomic mass is 9.78. The van der Waals surface area contributed by atoms with Crippen LogP contribution < -0.4 is 21.7 Å². The van der Waals surface area contributed by atoms with Crippen molar-refractivity contribution in [2.45, 2.75) is 225 Å². The smallest absolute Gasteiger partial charge is 0.329 e. The van der Waals surface area contributed by atoms with Gasteiger partial charge in [-0.15, -0.1) is 0 Å². The number of aromatic nitrogens is 7. The lowest BCUT2D eigenvalue weighted by molar-refractivity contribution is -0.265. The van der Waals surface area contributed by atoms with E-state index in [0.29, 0.717) is 168 Å². The van der Waals surface area contributed by atoms with Crippen LogP contribution in [-0.4, -0.2) is 293 Å². The first kappa shape index (κ1) is 101. The third kappa shape index (κ3) is 26.2. The van der Waals surface area contributed by atoms with Gasteiger partial charge in [0.2, 0.25) is 29.5 Å². The van der Waals surface area contributed by atoms with Crippen LogP contribution in [-0.2, 0) is 107 Å². The minimum absolute atomic E-state index is 0.00121. The minimum atomic E-state index is -2.47. The first-order valence-electron chi connectivity index (χ1n) is 46.6. The van der Waals surface area contributed by atoms with Crippen LogP contribution in [0.2, 0.25) is 0 Å². The van der Waals surface area contributed by atoms with Gasteiger partial charge in [0.25, 0.3) is 17.7 Å². The number of ketones is 2. The van der Waals surface area contributed by atoms with Gasteiger partial charge in [0, 0.05) is 136 Å². The Kier molecular flexibility index (Phi) is 36.2. The number of nitrogens with two attached hydrogens (primary N) is 2. The van der Waals surface area contributed by atoms with Crippen LogP contribution in [0.15, 0.2) is 107 Å². The number of hydrogen-bond acceptors (Lipinski definition) is 30. The number of aryl methyl sites for hydroxylation is 1. The van der Waals surface area contributed by atoms with Gasteiger partial charge in [0.15, 0.2) is 17.0 Å². The molecular weight excluding hydrogens is 1700 g/mol. The van der Waals surface area contributed by atoms with Gasteiger partial charge >= 0.3 is 11.9 Å². The molecule has 3 saturated heterocycles. The van der Waals surface area contributed by atoms with Gasteiger partial charge < -0.3 is 93.6 Å². The molecule has 35 heteroatoms. The number of cyclic esters (lactones) is 1. The molecule has 7 N–H and O–H groups in total. The number of esters is 2. The molecule has 12 rings (SSSR count). The monoisotopic (exact) mass is 1830 g/mol. The summed E-state index contributed by atoms with van der Waals surface area (Å²) >= 11 is 0. The number of methoxy groups -OCH3 is 4. The fourth-order valence-corrected chi connectivity index (χ4v) is 19.1. The Hall–Kier alpha value is -10.3. The largest absolute Gasteiger partial charge is 0.460 e. The van der Waals surface area contributed by atoms with Crippen LogP contribution in [0.3, 0.4) is 0 Å². The number of ether oxygens (including phenoxy) is 9. The lowest BCUT2D eigenvalue weighted by Crippen LogP contribution is -2.61. The normalized spacial score (nSPS) is 27.7. The molecule has 4 fully saturated rings. The molecule has 1 saturated carbocycles. The molecule has 132 heavy (non-hydrogen) atoms. The number of amides is 4. The van der Waals surface area contributed by atoms with Gasteiger partial charge in [-0.05, 0) is 167 Å². The molecule has 0 unspecified atom stereocenters. The number of nitrogen functional groups attached to an aromatic ring is 2. The van der Waals surface area contributed by atoms with Crippen molar-refractivity contribution >= 4 is 87.0 Å². The maximum atomic E-state index is 15.0. The van der Waals surface area contributed by atoms with Crippen molar-refractivity contribution in [1.82, 2.24) is 59.6 Å². The Labute approximate surface area is 772 Å². The molecule has 6 aromatic rings. The second-order valence-electron chi connectivity index (χ2n) is 36.6. The Morgan fingerprint density at radius 3 is 2.25 bits per heavy atom. The van der Waals surface area contributed by atoms with Crippen LogP contribution >= 0.6 is 0 Å². The highest BCUT2D eigenvalue weighted by Crippen LogP contribution is 2.41. The molecular formula is C97H135N15O20. The van der Waals surface area contributed by atoms with Crippen molar-refractivity contribution in [2.75, 3.05) is 137 Å². The predicted octanol–water partition coefficient (Wildman–Crippen LogP) is 8.47. The second-order valence-corrected chi connectivity index (χ2v) is 36.6. The third-order valence-electron chi connectivity index (χ3n) is 26.8. The maximum absolute atomic E-state index is 15.0. The summed E-state index contributed by atoms with van der Waals surface area (Å²) in [6.45, 7) is 18.0. The van der Waals surface area contributed by atoms with Crippen molar-refractivity contribution in [1.29, 1.82) is 0 Å². The summed E-state index contributed by atoms with van der Waals surface area (Å²) in [5, 5.41) is 32.5. The molecule has 718 valence electrons. The fourth-order valence-electron chi connectivity index (χ4n) is 19.1. The number of benzene rings is 2. The Morgan fingerprint density at radius 2 is 1.50 bits per heavy atom. The number of oxazole rings is 1. The Morgan fingerprint density at radius 1 is 0.735 bits per heavy atom. The average Bonchev–Trinajstić information content (AvgIpc) is 1.51. The molecule has 16 atom stereocenters. The van der Waals surface area contributed by atoms with Crippen molar-refractivity contribution in [3.8, 4) is 11.3 Å². The predicted molar refractivity (Wildman–Crippen MR) is 493 cm³/mol. The number of nitrogens with zero attached hydrogens (tertiary/aromatic N) is 12. The third-order valence-corrected chi connectivity index (χ3v) is 26.8. The van der Waals surface area contributed by atoms with E-state index in [1.807, 2.05) is 104 Å². The van der Waals surface area contributed by atoms with E-state index in [1.165, 1.54) is 23.9 Å². The molecule has 4 aromatic heterocycles. The zero-order valence-electron chi connectivity index (χ0n) is 78.5. The number of piperidine rings is 1. The number of fused-ring (bicyclic) bond motifs is 6. The fraction of sp³-hybridized carbons (Fsp3) is 0.608. The summed E-state index contributed by atoms with van der Waals surface area (Å²) in [4.78, 5) is 142. The van der Waals surface area contributed by atoms with E-state index in [0.717, 1.165) is 27.8 Å². The molecule has 2 bridgehead atoms. The van der Waals surface area contributed by atoms with Crippen LogP contribution in [0.25, 0.3) is 33.4 Å². The van der Waals surface area contributed by atoms with Gasteiger partial charge in [0.05, 0.1) is 82.3 Å². The molecule has 5 aliphatic heterocycles. The number of piperazine rings is 1. The highest BCUT2D eigenvalue weighted by atomic mass is 16.6. The number of rotatable bonds is 28. The average molecular weight is 1830 g/mol.